The van der Waals surface area contributed by atoms with Crippen molar-refractivity contribution in [2.24, 2.45) is 5.92 Å². The highest BCUT2D eigenvalue weighted by Crippen LogP contribution is 2.42. The number of carbonyl (C=O) groups excluding carboxylic acids is 1. The van der Waals surface area contributed by atoms with Gasteiger partial charge in [0.25, 0.3) is 0 Å². The molecule has 0 heterocycles. The third-order valence-electron chi connectivity index (χ3n) is 2.96. The molecule has 1 saturated carbocycles. The van der Waals surface area contributed by atoms with Gasteiger partial charge in [0.15, 0.2) is 0 Å². The summed E-state index contributed by atoms with van der Waals surface area (Å²) in [6, 6.07) is 2.23. The van der Waals surface area contributed by atoms with E-state index in [1.54, 1.807) is 14.0 Å². The molecule has 0 aliphatic heterocycles. The fraction of sp³-hybridized carbons (Fsp3) is 0.833. The molecule has 0 aromatic heterocycles. The quantitative estimate of drug-likeness (QED) is 0.724. The number of rotatable bonds is 2. The first kappa shape index (κ1) is 12.8. The lowest BCUT2D eigenvalue weighted by Crippen LogP contribution is -2.49. The van der Waals surface area contributed by atoms with Gasteiger partial charge in [0, 0.05) is 7.05 Å². The maximum atomic E-state index is 11.8. The van der Waals surface area contributed by atoms with E-state index in [1.165, 1.54) is 4.90 Å². The molecule has 0 radical (unpaired) electrons. The molecule has 0 bridgehead atoms. The Morgan fingerprint density at radius 3 is 2.19 bits per heavy atom. The van der Waals surface area contributed by atoms with Gasteiger partial charge in [-0.25, -0.2) is 4.79 Å². The molecule has 0 spiro atoms. The molecule has 1 unspecified atom stereocenters. The number of carbonyl (C=O) groups is 1. The average molecular weight is 224 g/mol. The van der Waals surface area contributed by atoms with Crippen LogP contribution >= 0.6 is 0 Å². The normalized spacial score (nSPS) is 19.5. The zero-order valence-electron chi connectivity index (χ0n) is 10.7. The number of nitriles is 1. The largest absolute Gasteiger partial charge is 0.444 e. The van der Waals surface area contributed by atoms with E-state index < -0.39 is 17.2 Å². The van der Waals surface area contributed by atoms with Crippen molar-refractivity contribution in [1.82, 2.24) is 4.90 Å². The van der Waals surface area contributed by atoms with Crippen LogP contribution in [0.5, 0.6) is 0 Å². The van der Waals surface area contributed by atoms with Crippen LogP contribution in [0.15, 0.2) is 0 Å². The van der Waals surface area contributed by atoms with E-state index in [2.05, 4.69) is 6.07 Å². The molecule has 1 atom stereocenters. The summed E-state index contributed by atoms with van der Waals surface area (Å²) in [6.07, 6.45) is 1.59. The van der Waals surface area contributed by atoms with Gasteiger partial charge in [-0.1, -0.05) is 0 Å². The first-order chi connectivity index (χ1) is 7.20. The maximum Gasteiger partial charge on any atom is 0.411 e. The third kappa shape index (κ3) is 2.66. The van der Waals surface area contributed by atoms with Crippen LogP contribution in [-0.2, 0) is 4.74 Å². The van der Waals surface area contributed by atoms with Gasteiger partial charge in [0.2, 0.25) is 0 Å². The summed E-state index contributed by atoms with van der Waals surface area (Å²) in [7, 11) is 1.63. The van der Waals surface area contributed by atoms with Crippen LogP contribution in [0.1, 0.15) is 40.5 Å². The Bertz CT molecular complexity index is 323. The van der Waals surface area contributed by atoms with Crippen LogP contribution in [0.4, 0.5) is 4.79 Å². The molecule has 0 saturated heterocycles. The van der Waals surface area contributed by atoms with E-state index in [1.807, 2.05) is 20.8 Å². The van der Waals surface area contributed by atoms with Gasteiger partial charge in [-0.3, -0.25) is 4.90 Å². The van der Waals surface area contributed by atoms with Crippen molar-refractivity contribution in [3.05, 3.63) is 0 Å². The number of ether oxygens (including phenoxy) is 1. The minimum absolute atomic E-state index is 0.287. The van der Waals surface area contributed by atoms with E-state index in [-0.39, 0.29) is 5.92 Å². The predicted octanol–water partition coefficient (Wildman–Crippen LogP) is 2.55. The van der Waals surface area contributed by atoms with Gasteiger partial charge in [-0.05, 0) is 46.5 Å². The van der Waals surface area contributed by atoms with Gasteiger partial charge in [-0.2, -0.15) is 5.26 Å². The molecule has 1 fully saturated rings. The fourth-order valence-corrected chi connectivity index (χ4v) is 1.61. The number of hydrogen-bond acceptors (Lipinski definition) is 3. The molecule has 0 aromatic rings. The molecular weight excluding hydrogens is 204 g/mol. The van der Waals surface area contributed by atoms with E-state index in [4.69, 9.17) is 4.74 Å². The lowest BCUT2D eigenvalue weighted by molar-refractivity contribution is 0.0134. The van der Waals surface area contributed by atoms with Crippen LogP contribution in [0.2, 0.25) is 0 Å². The Morgan fingerprint density at radius 1 is 1.38 bits per heavy atom. The van der Waals surface area contributed by atoms with Crippen molar-refractivity contribution >= 4 is 6.09 Å². The van der Waals surface area contributed by atoms with Gasteiger partial charge >= 0.3 is 6.09 Å². The number of amides is 1. The predicted molar refractivity (Wildman–Crippen MR) is 60.7 cm³/mol. The van der Waals surface area contributed by atoms with Gasteiger partial charge in [0.05, 0.1) is 6.07 Å². The number of nitrogens with zero attached hydrogens (tertiary/aromatic N) is 2. The Hall–Kier alpha value is -1.24. The van der Waals surface area contributed by atoms with Crippen molar-refractivity contribution in [2.75, 3.05) is 7.05 Å². The summed E-state index contributed by atoms with van der Waals surface area (Å²) in [4.78, 5) is 13.3. The molecule has 1 aliphatic carbocycles. The molecule has 1 rings (SSSR count). The van der Waals surface area contributed by atoms with Crippen molar-refractivity contribution in [2.45, 2.75) is 51.7 Å². The SMILES string of the molecule is CN(C(=O)OC(C)(C)C)C(C)(C#N)C1CC1. The van der Waals surface area contributed by atoms with Crippen LogP contribution in [-0.4, -0.2) is 29.2 Å². The second kappa shape index (κ2) is 3.97. The molecule has 90 valence electrons. The summed E-state index contributed by atoms with van der Waals surface area (Å²) in [5, 5.41) is 9.21. The highest BCUT2D eigenvalue weighted by molar-refractivity contribution is 5.69. The average Bonchev–Trinajstić information content (AvgIpc) is 2.96. The molecule has 1 aliphatic rings. The zero-order valence-corrected chi connectivity index (χ0v) is 10.7. The topological polar surface area (TPSA) is 53.3 Å². The standard InChI is InChI=1S/C12H20N2O2/c1-11(2,3)16-10(15)14(5)12(4,8-13)9-6-7-9/h9H,6-7H2,1-5H3. The lowest BCUT2D eigenvalue weighted by Gasteiger charge is -2.34. The Morgan fingerprint density at radius 2 is 1.88 bits per heavy atom. The smallest absolute Gasteiger partial charge is 0.411 e. The lowest BCUT2D eigenvalue weighted by atomic mass is 9.96. The molecule has 0 aromatic carbocycles. The minimum atomic E-state index is -0.734. The monoisotopic (exact) mass is 224 g/mol. The first-order valence-electron chi connectivity index (χ1n) is 5.59. The second-order valence-electron chi connectivity index (χ2n) is 5.57. The maximum absolute atomic E-state index is 11.8. The van der Waals surface area contributed by atoms with Gasteiger partial charge < -0.3 is 4.74 Å². The van der Waals surface area contributed by atoms with E-state index in [0.717, 1.165) is 12.8 Å². The summed E-state index contributed by atoms with van der Waals surface area (Å²) in [6.45, 7) is 7.26. The van der Waals surface area contributed by atoms with E-state index in [0.29, 0.717) is 0 Å². The Kier molecular flexibility index (Phi) is 3.18. The van der Waals surface area contributed by atoms with Gasteiger partial charge in [-0.15, -0.1) is 0 Å². The summed E-state index contributed by atoms with van der Waals surface area (Å²) in [5.74, 6) is 0.287. The zero-order chi connectivity index (χ0) is 12.6. The van der Waals surface area contributed by atoms with Crippen molar-refractivity contribution in [3.8, 4) is 6.07 Å². The van der Waals surface area contributed by atoms with Crippen LogP contribution in [0, 0.1) is 17.2 Å². The Labute approximate surface area is 97.2 Å². The molecule has 16 heavy (non-hydrogen) atoms. The van der Waals surface area contributed by atoms with Crippen molar-refractivity contribution in [1.29, 1.82) is 5.26 Å². The first-order valence-corrected chi connectivity index (χ1v) is 5.59. The summed E-state index contributed by atoms with van der Waals surface area (Å²) < 4.78 is 5.26. The molecule has 1 amide bonds. The van der Waals surface area contributed by atoms with Gasteiger partial charge in [0.1, 0.15) is 11.1 Å². The highest BCUT2D eigenvalue weighted by atomic mass is 16.6. The molecule has 4 nitrogen and oxygen atoms in total. The van der Waals surface area contributed by atoms with Crippen LogP contribution in [0.3, 0.4) is 0 Å². The van der Waals surface area contributed by atoms with E-state index in [9.17, 15) is 10.1 Å². The molecule has 0 N–H and O–H groups in total. The van der Waals surface area contributed by atoms with E-state index >= 15 is 0 Å². The van der Waals surface area contributed by atoms with Crippen molar-refractivity contribution in [3.63, 3.8) is 0 Å². The molecular formula is C12H20N2O2. The number of hydrogen-bond donors (Lipinski definition) is 0. The highest BCUT2D eigenvalue weighted by Gasteiger charge is 2.47. The second-order valence-corrected chi connectivity index (χ2v) is 5.57. The minimum Gasteiger partial charge on any atom is -0.444 e. The van der Waals surface area contributed by atoms with Crippen molar-refractivity contribution < 1.29 is 9.53 Å². The van der Waals surface area contributed by atoms with Crippen LogP contribution in [0.25, 0.3) is 0 Å². The van der Waals surface area contributed by atoms with Crippen LogP contribution < -0.4 is 0 Å². The fourth-order valence-electron chi connectivity index (χ4n) is 1.61. The Balaban J connectivity index is 2.73. The third-order valence-corrected chi connectivity index (χ3v) is 2.96. The molecule has 4 heteroatoms. The summed E-state index contributed by atoms with van der Waals surface area (Å²) in [5.41, 5.74) is -1.26. The summed E-state index contributed by atoms with van der Waals surface area (Å²) >= 11 is 0.